The molecule has 0 radical (unpaired) electrons. The third-order valence-corrected chi connectivity index (χ3v) is 8.86. The van der Waals surface area contributed by atoms with Crippen molar-refractivity contribution >= 4 is 32.8 Å². The third kappa shape index (κ3) is 4.97. The molecule has 0 saturated carbocycles. The molecular weight excluding hydrogens is 585 g/mol. The van der Waals surface area contributed by atoms with Crippen molar-refractivity contribution in [2.24, 2.45) is 0 Å². The fraction of sp³-hybridized carbons (Fsp3) is 0. The molecular formula is C44H28N4. The van der Waals surface area contributed by atoms with Crippen LogP contribution in [0.2, 0.25) is 0 Å². The van der Waals surface area contributed by atoms with Crippen LogP contribution in [0.1, 0.15) is 0 Å². The number of nitrogens with zero attached hydrogens (tertiary/aromatic N) is 4. The molecule has 6 aromatic carbocycles. The smallest absolute Gasteiger partial charge is 0.0978 e. The van der Waals surface area contributed by atoms with E-state index in [0.29, 0.717) is 0 Å². The van der Waals surface area contributed by atoms with E-state index in [2.05, 4.69) is 91.0 Å². The molecule has 0 aliphatic rings. The van der Waals surface area contributed by atoms with E-state index in [0.717, 1.165) is 89.0 Å². The fourth-order valence-corrected chi connectivity index (χ4v) is 6.45. The van der Waals surface area contributed by atoms with Crippen LogP contribution in [0, 0.1) is 0 Å². The van der Waals surface area contributed by atoms with E-state index in [-0.39, 0.29) is 0 Å². The molecule has 3 aromatic heterocycles. The number of hydrogen-bond acceptors (Lipinski definition) is 4. The second kappa shape index (κ2) is 11.7. The van der Waals surface area contributed by atoms with Crippen LogP contribution in [0.3, 0.4) is 0 Å². The minimum atomic E-state index is 0.863. The summed E-state index contributed by atoms with van der Waals surface area (Å²) >= 11 is 0. The number of fused-ring (bicyclic) bond motifs is 4. The highest BCUT2D eigenvalue weighted by molar-refractivity contribution is 6.11. The van der Waals surface area contributed by atoms with Crippen molar-refractivity contribution < 1.29 is 0 Å². The van der Waals surface area contributed by atoms with Gasteiger partial charge in [-0.2, -0.15) is 0 Å². The number of aromatic nitrogens is 4. The fourth-order valence-electron chi connectivity index (χ4n) is 6.45. The van der Waals surface area contributed by atoms with Crippen LogP contribution < -0.4 is 0 Å². The summed E-state index contributed by atoms with van der Waals surface area (Å²) in [5.41, 5.74) is 13.5. The lowest BCUT2D eigenvalue weighted by Gasteiger charge is -2.14. The van der Waals surface area contributed by atoms with Gasteiger partial charge in [0.15, 0.2) is 0 Å². The molecule has 0 bridgehead atoms. The molecule has 4 heteroatoms. The van der Waals surface area contributed by atoms with Gasteiger partial charge in [0.1, 0.15) is 0 Å². The Morgan fingerprint density at radius 1 is 0.312 bits per heavy atom. The first-order chi connectivity index (χ1) is 23.8. The Labute approximate surface area is 278 Å². The van der Waals surface area contributed by atoms with Crippen LogP contribution in [-0.4, -0.2) is 19.9 Å². The van der Waals surface area contributed by atoms with Crippen molar-refractivity contribution in [1.29, 1.82) is 0 Å². The van der Waals surface area contributed by atoms with Crippen LogP contribution in [0.15, 0.2) is 170 Å². The second-order valence-corrected chi connectivity index (χ2v) is 11.9. The van der Waals surface area contributed by atoms with Crippen molar-refractivity contribution in [3.8, 4) is 56.2 Å². The topological polar surface area (TPSA) is 51.6 Å². The Hall–Kier alpha value is -6.52. The van der Waals surface area contributed by atoms with Gasteiger partial charge in [0.25, 0.3) is 0 Å². The van der Waals surface area contributed by atoms with Crippen LogP contribution in [0.4, 0.5) is 0 Å². The number of para-hydroxylation sites is 2. The van der Waals surface area contributed by atoms with Gasteiger partial charge in [-0.15, -0.1) is 0 Å². The first-order valence-electron chi connectivity index (χ1n) is 16.1. The largest absolute Gasteiger partial charge is 0.245 e. The molecule has 0 aliphatic heterocycles. The van der Waals surface area contributed by atoms with Crippen LogP contribution in [0.5, 0.6) is 0 Å². The van der Waals surface area contributed by atoms with Crippen LogP contribution >= 0.6 is 0 Å². The number of rotatable bonds is 5. The summed E-state index contributed by atoms with van der Waals surface area (Å²) in [4.78, 5) is 20.6. The Kier molecular flexibility index (Phi) is 6.76. The number of pyridine rings is 2. The first-order valence-corrected chi connectivity index (χ1v) is 16.1. The summed E-state index contributed by atoms with van der Waals surface area (Å²) in [5.74, 6) is 0. The summed E-state index contributed by atoms with van der Waals surface area (Å²) in [7, 11) is 0. The van der Waals surface area contributed by atoms with E-state index in [1.807, 2.05) is 78.9 Å². The monoisotopic (exact) mass is 612 g/mol. The minimum absolute atomic E-state index is 0.863. The predicted molar refractivity (Wildman–Crippen MR) is 197 cm³/mol. The molecule has 0 fully saturated rings. The normalized spacial score (nSPS) is 11.3. The Morgan fingerprint density at radius 3 is 1.35 bits per heavy atom. The highest BCUT2D eigenvalue weighted by Gasteiger charge is 2.16. The van der Waals surface area contributed by atoms with Crippen LogP contribution in [0.25, 0.3) is 89.0 Å². The minimum Gasteiger partial charge on any atom is -0.245 e. The van der Waals surface area contributed by atoms with Crippen molar-refractivity contribution in [3.63, 3.8) is 0 Å². The van der Waals surface area contributed by atoms with E-state index >= 15 is 0 Å². The molecule has 9 rings (SSSR count). The first kappa shape index (κ1) is 27.8. The molecule has 9 aromatic rings. The average molecular weight is 613 g/mol. The molecule has 0 saturated heterocycles. The van der Waals surface area contributed by atoms with E-state index in [4.69, 9.17) is 19.9 Å². The third-order valence-electron chi connectivity index (χ3n) is 8.86. The highest BCUT2D eigenvalue weighted by atomic mass is 14.8. The zero-order valence-electron chi connectivity index (χ0n) is 26.0. The van der Waals surface area contributed by atoms with Gasteiger partial charge in [0.05, 0.1) is 44.8 Å². The van der Waals surface area contributed by atoms with E-state index in [9.17, 15) is 0 Å². The summed E-state index contributed by atoms with van der Waals surface area (Å²) in [5, 5.41) is 2.11. The lowest BCUT2D eigenvalue weighted by molar-refractivity contribution is 1.29. The van der Waals surface area contributed by atoms with Gasteiger partial charge in [-0.05, 0) is 47.5 Å². The Morgan fingerprint density at radius 2 is 0.771 bits per heavy atom. The molecule has 48 heavy (non-hydrogen) atoms. The SMILES string of the molecule is c1ccc(-c2ccc3cc(-c4ccc(-c5nc6ccccc6nc5-c5ccccc5)cc4)c4ccc(-c5ccccc5)nc4c3n2)cc1. The van der Waals surface area contributed by atoms with Gasteiger partial charge in [0.2, 0.25) is 0 Å². The van der Waals surface area contributed by atoms with E-state index in [1.54, 1.807) is 0 Å². The maximum absolute atomic E-state index is 5.25. The van der Waals surface area contributed by atoms with E-state index < -0.39 is 0 Å². The van der Waals surface area contributed by atoms with Gasteiger partial charge >= 0.3 is 0 Å². The zero-order valence-corrected chi connectivity index (χ0v) is 26.0. The molecule has 0 N–H and O–H groups in total. The standard InChI is InChI=1S/C44H28N4/c1-4-12-30(13-5-1)37-26-24-34-28-36(35-25-27-38(31-14-6-2-7-15-31)46-44(35)43(34)45-37)29-20-22-33(23-21-29)42-41(32-16-8-3-9-17-32)47-39-18-10-11-19-40(39)48-42/h1-28H. The van der Waals surface area contributed by atoms with Crippen molar-refractivity contribution in [2.45, 2.75) is 0 Å². The lowest BCUT2D eigenvalue weighted by atomic mass is 9.95. The van der Waals surface area contributed by atoms with Gasteiger partial charge in [0, 0.05) is 33.0 Å². The number of hydrogen-bond donors (Lipinski definition) is 0. The molecule has 0 aliphatic carbocycles. The molecule has 0 amide bonds. The second-order valence-electron chi connectivity index (χ2n) is 11.9. The van der Waals surface area contributed by atoms with E-state index in [1.165, 1.54) is 0 Å². The lowest BCUT2D eigenvalue weighted by Crippen LogP contribution is -1.96. The Balaban J connectivity index is 1.21. The Bertz CT molecular complexity index is 2580. The van der Waals surface area contributed by atoms with Crippen molar-refractivity contribution in [2.75, 3.05) is 0 Å². The molecule has 0 atom stereocenters. The van der Waals surface area contributed by atoms with Gasteiger partial charge in [-0.3, -0.25) is 0 Å². The molecule has 0 unspecified atom stereocenters. The number of benzene rings is 6. The summed E-state index contributed by atoms with van der Waals surface area (Å²) in [6.07, 6.45) is 0. The quantitative estimate of drug-likeness (QED) is 0.181. The molecule has 0 spiro atoms. The van der Waals surface area contributed by atoms with Gasteiger partial charge in [-0.1, -0.05) is 133 Å². The van der Waals surface area contributed by atoms with Gasteiger partial charge < -0.3 is 0 Å². The van der Waals surface area contributed by atoms with Crippen molar-refractivity contribution in [1.82, 2.24) is 19.9 Å². The maximum Gasteiger partial charge on any atom is 0.0978 e. The summed E-state index contributed by atoms with van der Waals surface area (Å²) in [6, 6.07) is 58.4. The van der Waals surface area contributed by atoms with Crippen LogP contribution in [-0.2, 0) is 0 Å². The van der Waals surface area contributed by atoms with Gasteiger partial charge in [-0.25, -0.2) is 19.9 Å². The molecule has 3 heterocycles. The van der Waals surface area contributed by atoms with Crippen molar-refractivity contribution in [3.05, 3.63) is 170 Å². The maximum atomic E-state index is 5.25. The highest BCUT2D eigenvalue weighted by Crippen LogP contribution is 2.38. The average Bonchev–Trinajstić information content (AvgIpc) is 3.18. The predicted octanol–water partition coefficient (Wildman–Crippen LogP) is 11.1. The summed E-state index contributed by atoms with van der Waals surface area (Å²) in [6.45, 7) is 0. The zero-order chi connectivity index (χ0) is 31.9. The summed E-state index contributed by atoms with van der Waals surface area (Å²) < 4.78 is 0. The molecule has 4 nitrogen and oxygen atoms in total. The molecule has 224 valence electrons.